The van der Waals surface area contributed by atoms with Crippen molar-refractivity contribution < 1.29 is 4.79 Å². The number of amides is 2. The van der Waals surface area contributed by atoms with E-state index in [-0.39, 0.29) is 6.03 Å². The maximum Gasteiger partial charge on any atom is 0.320 e. The molecule has 0 aromatic carbocycles. The average Bonchev–Trinajstić information content (AvgIpc) is 2.90. The molecule has 7 nitrogen and oxygen atoms in total. The van der Waals surface area contributed by atoms with Gasteiger partial charge in [0, 0.05) is 49.2 Å². The molecule has 0 radical (unpaired) electrons. The van der Waals surface area contributed by atoms with Crippen molar-refractivity contribution in [3.05, 3.63) is 30.2 Å². The topological polar surface area (TPSA) is 83.9 Å². The van der Waals surface area contributed by atoms with Gasteiger partial charge in [-0.15, -0.1) is 0 Å². The van der Waals surface area contributed by atoms with Crippen molar-refractivity contribution >= 4 is 11.8 Å². The summed E-state index contributed by atoms with van der Waals surface area (Å²) in [7, 11) is 1.88. The van der Waals surface area contributed by atoms with E-state index in [4.69, 9.17) is 0 Å². The molecule has 3 atom stereocenters. The van der Waals surface area contributed by atoms with Crippen LogP contribution in [0.2, 0.25) is 0 Å². The number of fused-ring (bicyclic) bond motifs is 1. The van der Waals surface area contributed by atoms with Gasteiger partial charge in [0.25, 0.3) is 0 Å². The third kappa shape index (κ3) is 2.68. The highest BCUT2D eigenvalue weighted by atomic mass is 16.2. The van der Waals surface area contributed by atoms with Crippen molar-refractivity contribution in [2.45, 2.75) is 13.0 Å². The van der Waals surface area contributed by atoms with Crippen LogP contribution in [0.25, 0.3) is 11.1 Å². The SMILES string of the molecule is Cc1nc(NC(=O)NC2[C@H]3CNC[C@@H]23)ccc1-c1cnn(C)c1. The van der Waals surface area contributed by atoms with Crippen molar-refractivity contribution in [1.29, 1.82) is 0 Å². The number of carbonyl (C=O) groups is 1. The summed E-state index contributed by atoms with van der Waals surface area (Å²) in [6, 6.07) is 3.92. The first-order valence-electron chi connectivity index (χ1n) is 7.87. The molecule has 4 rings (SSSR count). The van der Waals surface area contributed by atoms with Gasteiger partial charge in [-0.05, 0) is 30.9 Å². The van der Waals surface area contributed by atoms with Crippen molar-refractivity contribution in [2.24, 2.45) is 18.9 Å². The number of carbonyl (C=O) groups excluding carboxylic acids is 1. The van der Waals surface area contributed by atoms with Crippen molar-refractivity contribution in [2.75, 3.05) is 18.4 Å². The zero-order valence-electron chi connectivity index (χ0n) is 13.2. The Kier molecular flexibility index (Phi) is 3.30. The number of nitrogens with one attached hydrogen (secondary N) is 3. The molecule has 1 aliphatic carbocycles. The number of aryl methyl sites for hydroxylation is 2. The summed E-state index contributed by atoms with van der Waals surface area (Å²) in [5, 5.41) is 13.3. The molecule has 23 heavy (non-hydrogen) atoms. The van der Waals surface area contributed by atoms with Gasteiger partial charge in [0.2, 0.25) is 0 Å². The number of aromatic nitrogens is 3. The molecule has 1 saturated carbocycles. The van der Waals surface area contributed by atoms with Gasteiger partial charge in [-0.1, -0.05) is 0 Å². The molecular formula is C16H20N6O. The van der Waals surface area contributed by atoms with Gasteiger partial charge in [0.05, 0.1) is 6.20 Å². The predicted molar refractivity (Wildman–Crippen MR) is 87.0 cm³/mol. The fourth-order valence-electron chi connectivity index (χ4n) is 3.43. The quantitative estimate of drug-likeness (QED) is 0.793. The first kappa shape index (κ1) is 14.2. The summed E-state index contributed by atoms with van der Waals surface area (Å²) in [5.74, 6) is 1.77. The standard InChI is InChI=1S/C16H20N6O/c1-9-11(10-5-18-22(2)8-10)3-4-14(19-9)20-16(23)21-15-12-6-17-7-13(12)15/h3-5,8,12-13,15,17H,6-7H2,1-2H3,(H2,19,20,21,23)/t12-,13+,15?. The van der Waals surface area contributed by atoms with E-state index in [9.17, 15) is 4.79 Å². The Bertz CT molecular complexity index is 745. The summed E-state index contributed by atoms with van der Waals surface area (Å²) >= 11 is 0. The second-order valence-electron chi connectivity index (χ2n) is 6.34. The molecule has 1 saturated heterocycles. The van der Waals surface area contributed by atoms with Gasteiger partial charge in [-0.25, -0.2) is 9.78 Å². The maximum atomic E-state index is 12.1. The van der Waals surface area contributed by atoms with Crippen LogP contribution in [-0.4, -0.2) is 39.9 Å². The van der Waals surface area contributed by atoms with E-state index in [1.807, 2.05) is 38.5 Å². The summed E-state index contributed by atoms with van der Waals surface area (Å²) in [6.45, 7) is 3.95. The lowest BCUT2D eigenvalue weighted by Gasteiger charge is -2.10. The molecule has 1 unspecified atom stereocenters. The largest absolute Gasteiger partial charge is 0.334 e. The lowest BCUT2D eigenvalue weighted by atomic mass is 10.1. The third-order valence-electron chi connectivity index (χ3n) is 4.73. The Labute approximate surface area is 134 Å². The lowest BCUT2D eigenvalue weighted by Crippen LogP contribution is -2.35. The molecule has 3 heterocycles. The molecule has 2 aromatic rings. The molecule has 0 bridgehead atoms. The highest BCUT2D eigenvalue weighted by Gasteiger charge is 2.53. The summed E-state index contributed by atoms with van der Waals surface area (Å²) in [5.41, 5.74) is 2.90. The number of piperidine rings is 1. The van der Waals surface area contributed by atoms with Crippen LogP contribution in [0, 0.1) is 18.8 Å². The third-order valence-corrected chi connectivity index (χ3v) is 4.73. The highest BCUT2D eigenvalue weighted by molar-refractivity contribution is 5.89. The Balaban J connectivity index is 1.41. The van der Waals surface area contributed by atoms with E-state index >= 15 is 0 Å². The number of rotatable bonds is 3. The minimum absolute atomic E-state index is 0.176. The molecule has 2 fully saturated rings. The van der Waals surface area contributed by atoms with Gasteiger partial charge in [0.1, 0.15) is 5.82 Å². The fraction of sp³-hybridized carbons (Fsp3) is 0.438. The number of urea groups is 1. The predicted octanol–water partition coefficient (Wildman–Crippen LogP) is 1.13. The molecule has 2 aromatic heterocycles. The van der Waals surface area contributed by atoms with E-state index in [0.29, 0.717) is 23.7 Å². The van der Waals surface area contributed by atoms with Crippen LogP contribution in [-0.2, 0) is 7.05 Å². The van der Waals surface area contributed by atoms with Crippen LogP contribution >= 0.6 is 0 Å². The second kappa shape index (κ2) is 5.34. The normalized spacial score (nSPS) is 25.0. The van der Waals surface area contributed by atoms with E-state index in [1.165, 1.54) is 0 Å². The summed E-state index contributed by atoms with van der Waals surface area (Å²) in [6.07, 6.45) is 3.76. The summed E-state index contributed by atoms with van der Waals surface area (Å²) < 4.78 is 1.76. The monoisotopic (exact) mass is 312 g/mol. The van der Waals surface area contributed by atoms with Crippen molar-refractivity contribution in [3.63, 3.8) is 0 Å². The zero-order chi connectivity index (χ0) is 16.0. The van der Waals surface area contributed by atoms with Crippen molar-refractivity contribution in [3.8, 4) is 11.1 Å². The number of anilines is 1. The molecule has 1 aliphatic heterocycles. The van der Waals surface area contributed by atoms with E-state index in [2.05, 4.69) is 26.0 Å². The Morgan fingerprint density at radius 1 is 1.35 bits per heavy atom. The van der Waals surface area contributed by atoms with Gasteiger partial charge in [0.15, 0.2) is 0 Å². The van der Waals surface area contributed by atoms with Crippen LogP contribution in [0.5, 0.6) is 0 Å². The molecule has 2 aliphatic rings. The maximum absolute atomic E-state index is 12.1. The lowest BCUT2D eigenvalue weighted by molar-refractivity contribution is 0.250. The first-order valence-corrected chi connectivity index (χ1v) is 7.87. The van der Waals surface area contributed by atoms with E-state index in [1.54, 1.807) is 4.68 Å². The number of hydrogen-bond acceptors (Lipinski definition) is 4. The molecule has 0 spiro atoms. The van der Waals surface area contributed by atoms with Crippen LogP contribution in [0.4, 0.5) is 10.6 Å². The zero-order valence-corrected chi connectivity index (χ0v) is 13.2. The Hall–Kier alpha value is -2.41. The van der Waals surface area contributed by atoms with Crippen LogP contribution in [0.3, 0.4) is 0 Å². The van der Waals surface area contributed by atoms with E-state index < -0.39 is 0 Å². The Morgan fingerprint density at radius 2 is 2.13 bits per heavy atom. The molecule has 7 heteroatoms. The second-order valence-corrected chi connectivity index (χ2v) is 6.34. The van der Waals surface area contributed by atoms with Crippen molar-refractivity contribution in [1.82, 2.24) is 25.4 Å². The molecular weight excluding hydrogens is 292 g/mol. The van der Waals surface area contributed by atoms with Gasteiger partial charge in [-0.2, -0.15) is 5.10 Å². The molecule has 2 amide bonds. The van der Waals surface area contributed by atoms with Gasteiger partial charge in [-0.3, -0.25) is 10.00 Å². The number of pyridine rings is 1. The van der Waals surface area contributed by atoms with E-state index in [0.717, 1.165) is 29.9 Å². The van der Waals surface area contributed by atoms with Gasteiger partial charge < -0.3 is 10.6 Å². The fourth-order valence-corrected chi connectivity index (χ4v) is 3.43. The van der Waals surface area contributed by atoms with Crippen LogP contribution in [0.15, 0.2) is 24.5 Å². The smallest absolute Gasteiger partial charge is 0.320 e. The molecule has 120 valence electrons. The number of hydrogen-bond donors (Lipinski definition) is 3. The minimum Gasteiger partial charge on any atom is -0.334 e. The first-order chi connectivity index (χ1) is 11.1. The molecule has 3 N–H and O–H groups in total. The van der Waals surface area contributed by atoms with Crippen LogP contribution in [0.1, 0.15) is 5.69 Å². The Morgan fingerprint density at radius 3 is 2.78 bits per heavy atom. The highest BCUT2D eigenvalue weighted by Crippen LogP contribution is 2.41. The average molecular weight is 312 g/mol. The van der Waals surface area contributed by atoms with Crippen LogP contribution < -0.4 is 16.0 Å². The minimum atomic E-state index is -0.176. The summed E-state index contributed by atoms with van der Waals surface area (Å²) in [4.78, 5) is 16.5. The number of nitrogens with zero attached hydrogens (tertiary/aromatic N) is 3. The van der Waals surface area contributed by atoms with Gasteiger partial charge >= 0.3 is 6.03 Å².